The van der Waals surface area contributed by atoms with Crippen molar-refractivity contribution in [3.8, 4) is 5.75 Å². The zero-order valence-corrected chi connectivity index (χ0v) is 11.9. The van der Waals surface area contributed by atoms with Crippen LogP contribution in [-0.2, 0) is 6.18 Å². The molecular formula is C13H17F3N4O. The minimum absolute atomic E-state index is 0.111. The van der Waals surface area contributed by atoms with Crippen LogP contribution in [0.3, 0.4) is 0 Å². The summed E-state index contributed by atoms with van der Waals surface area (Å²) in [6, 6.07) is 1.49. The Morgan fingerprint density at radius 1 is 1.29 bits per heavy atom. The molecule has 21 heavy (non-hydrogen) atoms. The molecular weight excluding hydrogens is 285 g/mol. The van der Waals surface area contributed by atoms with Crippen molar-refractivity contribution in [2.24, 2.45) is 0 Å². The van der Waals surface area contributed by atoms with Gasteiger partial charge in [0.15, 0.2) is 17.3 Å². The molecule has 1 aromatic rings. The van der Waals surface area contributed by atoms with Crippen LogP contribution in [0.15, 0.2) is 6.07 Å². The molecule has 116 valence electrons. The highest BCUT2D eigenvalue weighted by Crippen LogP contribution is 2.37. The zero-order chi connectivity index (χ0) is 15.2. The third kappa shape index (κ3) is 2.64. The number of hydrogen-bond acceptors (Lipinski definition) is 5. The Bertz CT molecular complexity index is 535. The summed E-state index contributed by atoms with van der Waals surface area (Å²) in [4.78, 5) is 4.33. The van der Waals surface area contributed by atoms with Gasteiger partial charge in [0.2, 0.25) is 0 Å². The lowest BCUT2D eigenvalue weighted by Gasteiger charge is -2.45. The molecule has 1 fully saturated rings. The fraction of sp³-hybridized carbons (Fsp3) is 0.692. The number of alkyl halides is 3. The van der Waals surface area contributed by atoms with Crippen LogP contribution >= 0.6 is 0 Å². The Morgan fingerprint density at radius 3 is 2.71 bits per heavy atom. The van der Waals surface area contributed by atoms with Crippen molar-refractivity contribution < 1.29 is 17.9 Å². The largest absolute Gasteiger partial charge is 0.487 e. The number of anilines is 1. The second-order valence-electron chi connectivity index (χ2n) is 5.66. The molecule has 0 aliphatic carbocycles. The fourth-order valence-corrected chi connectivity index (χ4v) is 2.77. The van der Waals surface area contributed by atoms with Crippen LogP contribution in [0.5, 0.6) is 5.75 Å². The maximum atomic E-state index is 12.7. The lowest BCUT2D eigenvalue weighted by molar-refractivity contribution is -0.141. The van der Waals surface area contributed by atoms with Gasteiger partial charge < -0.3 is 9.64 Å². The Morgan fingerprint density at radius 2 is 2.05 bits per heavy atom. The van der Waals surface area contributed by atoms with Crippen LogP contribution in [0.2, 0.25) is 0 Å². The fourth-order valence-electron chi connectivity index (χ4n) is 2.77. The summed E-state index contributed by atoms with van der Waals surface area (Å²) in [5, 5.41) is 7.05. The third-order valence-electron chi connectivity index (χ3n) is 3.98. The maximum Gasteiger partial charge on any atom is 0.435 e. The summed E-state index contributed by atoms with van der Waals surface area (Å²) in [7, 11) is 0. The summed E-state index contributed by atoms with van der Waals surface area (Å²) in [5.74, 6) is 0.592. The third-order valence-corrected chi connectivity index (χ3v) is 3.98. The van der Waals surface area contributed by atoms with E-state index in [1.54, 1.807) is 0 Å². The zero-order valence-electron chi connectivity index (χ0n) is 11.9. The van der Waals surface area contributed by atoms with Gasteiger partial charge in [0.1, 0.15) is 6.61 Å². The van der Waals surface area contributed by atoms with Crippen molar-refractivity contribution in [2.75, 3.05) is 31.1 Å². The summed E-state index contributed by atoms with van der Waals surface area (Å²) < 4.78 is 43.4. The number of aromatic nitrogens is 2. The molecule has 1 saturated heterocycles. The maximum absolute atomic E-state index is 12.7. The van der Waals surface area contributed by atoms with Crippen LogP contribution in [0, 0.1) is 0 Å². The van der Waals surface area contributed by atoms with E-state index in [9.17, 15) is 13.2 Å². The van der Waals surface area contributed by atoms with Crippen molar-refractivity contribution in [1.82, 2.24) is 15.1 Å². The van der Waals surface area contributed by atoms with Gasteiger partial charge >= 0.3 is 6.18 Å². The summed E-state index contributed by atoms with van der Waals surface area (Å²) in [5.41, 5.74) is -1.01. The van der Waals surface area contributed by atoms with Gasteiger partial charge in [-0.1, -0.05) is 0 Å². The van der Waals surface area contributed by atoms with Gasteiger partial charge in [-0.2, -0.15) is 13.2 Å². The van der Waals surface area contributed by atoms with Crippen LogP contribution < -0.4 is 9.64 Å². The van der Waals surface area contributed by atoms with Gasteiger partial charge in [-0.15, -0.1) is 10.2 Å². The molecule has 0 bridgehead atoms. The topological polar surface area (TPSA) is 41.5 Å². The Kier molecular flexibility index (Phi) is 3.43. The standard InChI is InChI=1S/C13H17F3N4O/c1-8(2)19-3-4-20-9(6-19)7-21-10-5-11(13(14,15)16)17-18-12(10)20/h5,8-9H,3-4,6-7H2,1-2H3/t9-/m1/s1. The number of rotatable bonds is 1. The highest BCUT2D eigenvalue weighted by molar-refractivity contribution is 5.55. The monoisotopic (exact) mass is 302 g/mol. The van der Waals surface area contributed by atoms with E-state index < -0.39 is 11.9 Å². The molecule has 0 N–H and O–H groups in total. The van der Waals surface area contributed by atoms with Gasteiger partial charge in [-0.3, -0.25) is 4.90 Å². The van der Waals surface area contributed by atoms with Gasteiger partial charge in [0.05, 0.1) is 6.04 Å². The Hall–Kier alpha value is -1.57. The molecule has 1 atom stereocenters. The molecule has 0 aromatic carbocycles. The average Bonchev–Trinajstić information content (AvgIpc) is 2.44. The molecule has 1 aromatic heterocycles. The first-order chi connectivity index (χ1) is 9.86. The molecule has 0 unspecified atom stereocenters. The first-order valence-corrected chi connectivity index (χ1v) is 6.94. The van der Waals surface area contributed by atoms with Crippen molar-refractivity contribution >= 4 is 5.82 Å². The van der Waals surface area contributed by atoms with Gasteiger partial charge in [-0.05, 0) is 13.8 Å². The highest BCUT2D eigenvalue weighted by atomic mass is 19.4. The van der Waals surface area contributed by atoms with Gasteiger partial charge in [-0.25, -0.2) is 0 Å². The van der Waals surface area contributed by atoms with Gasteiger partial charge in [0.25, 0.3) is 0 Å². The number of piperazine rings is 1. The van der Waals surface area contributed by atoms with E-state index in [4.69, 9.17) is 4.74 Å². The average molecular weight is 302 g/mol. The summed E-state index contributed by atoms with van der Waals surface area (Å²) in [6.07, 6.45) is -4.50. The summed E-state index contributed by atoms with van der Waals surface area (Å²) >= 11 is 0. The van der Waals surface area contributed by atoms with Crippen molar-refractivity contribution in [3.63, 3.8) is 0 Å². The first kappa shape index (κ1) is 14.4. The number of halogens is 3. The minimum atomic E-state index is -4.50. The molecule has 3 heterocycles. The van der Waals surface area contributed by atoms with E-state index in [0.29, 0.717) is 18.5 Å². The normalized spacial score (nSPS) is 22.8. The summed E-state index contributed by atoms with van der Waals surface area (Å²) in [6.45, 7) is 7.03. The molecule has 0 spiro atoms. The lowest BCUT2D eigenvalue weighted by Crippen LogP contribution is -2.58. The van der Waals surface area contributed by atoms with E-state index >= 15 is 0 Å². The lowest BCUT2D eigenvalue weighted by atomic mass is 10.1. The smallest absolute Gasteiger partial charge is 0.435 e. The first-order valence-electron chi connectivity index (χ1n) is 6.94. The van der Waals surface area contributed by atoms with Crippen LogP contribution in [0.1, 0.15) is 19.5 Å². The van der Waals surface area contributed by atoms with Crippen LogP contribution in [0.4, 0.5) is 19.0 Å². The number of ether oxygens (including phenoxy) is 1. The second-order valence-corrected chi connectivity index (χ2v) is 5.66. The SMILES string of the molecule is CC(C)N1CCN2c3nnc(C(F)(F)F)cc3OC[C@H]2C1. The van der Waals surface area contributed by atoms with E-state index in [0.717, 1.165) is 25.7 Å². The van der Waals surface area contributed by atoms with Crippen molar-refractivity contribution in [2.45, 2.75) is 32.1 Å². The molecule has 2 aliphatic rings. The predicted octanol–water partition coefficient (Wildman–Crippen LogP) is 1.79. The van der Waals surface area contributed by atoms with Crippen LogP contribution in [0.25, 0.3) is 0 Å². The van der Waals surface area contributed by atoms with Gasteiger partial charge in [0, 0.05) is 31.7 Å². The molecule has 2 aliphatic heterocycles. The van der Waals surface area contributed by atoms with Crippen molar-refractivity contribution in [1.29, 1.82) is 0 Å². The molecule has 3 rings (SSSR count). The number of hydrogen-bond donors (Lipinski definition) is 0. The second kappa shape index (κ2) is 5.01. The highest BCUT2D eigenvalue weighted by Gasteiger charge is 2.38. The van der Waals surface area contributed by atoms with E-state index in [2.05, 4.69) is 28.9 Å². The molecule has 0 amide bonds. The van der Waals surface area contributed by atoms with Crippen LogP contribution in [-0.4, -0.2) is 53.4 Å². The predicted molar refractivity (Wildman–Crippen MR) is 70.4 cm³/mol. The number of fused-ring (bicyclic) bond motifs is 3. The number of nitrogens with zero attached hydrogens (tertiary/aromatic N) is 4. The molecule has 0 radical (unpaired) electrons. The quantitative estimate of drug-likeness (QED) is 0.791. The van der Waals surface area contributed by atoms with E-state index in [1.165, 1.54) is 0 Å². The Balaban J connectivity index is 1.85. The van der Waals surface area contributed by atoms with E-state index in [-0.39, 0.29) is 11.8 Å². The van der Waals surface area contributed by atoms with E-state index in [1.807, 2.05) is 4.90 Å². The minimum Gasteiger partial charge on any atom is -0.487 e. The Labute approximate surface area is 120 Å². The molecule has 0 saturated carbocycles. The molecule has 8 heteroatoms. The van der Waals surface area contributed by atoms with Crippen molar-refractivity contribution in [3.05, 3.63) is 11.8 Å². The molecule has 5 nitrogen and oxygen atoms in total.